The second-order valence-electron chi connectivity index (χ2n) is 15.5. The van der Waals surface area contributed by atoms with E-state index >= 15 is 0 Å². The molecule has 3 saturated carbocycles. The lowest BCUT2D eigenvalue weighted by molar-refractivity contribution is -0.146. The van der Waals surface area contributed by atoms with Crippen LogP contribution in [-0.4, -0.2) is 86.9 Å². The Kier molecular flexibility index (Phi) is 11.7. The van der Waals surface area contributed by atoms with E-state index in [1.54, 1.807) is 4.90 Å². The molecule has 5 amide bonds. The summed E-state index contributed by atoms with van der Waals surface area (Å²) in [6.07, 6.45) is 13.9. The van der Waals surface area contributed by atoms with Crippen molar-refractivity contribution in [3.8, 4) is 0 Å². The number of amides is 5. The molecule has 13 nitrogen and oxygen atoms in total. The van der Waals surface area contributed by atoms with E-state index in [1.165, 1.54) is 18.6 Å². The van der Waals surface area contributed by atoms with Gasteiger partial charge < -0.3 is 26.2 Å². The van der Waals surface area contributed by atoms with Crippen molar-refractivity contribution in [2.45, 2.75) is 135 Å². The molecule has 0 aromatic carbocycles. The van der Waals surface area contributed by atoms with Crippen LogP contribution in [0.1, 0.15) is 115 Å². The Morgan fingerprint density at radius 2 is 1.63 bits per heavy atom. The molecule has 0 bridgehead atoms. The Morgan fingerprint density at radius 1 is 0.898 bits per heavy atom. The van der Waals surface area contributed by atoms with Crippen molar-refractivity contribution in [3.05, 3.63) is 24.3 Å². The molecule has 0 spiro atoms. The fraction of sp³-hybridized carbons (Fsp3) is 0.722. The number of rotatable bonds is 13. The van der Waals surface area contributed by atoms with Gasteiger partial charge in [-0.3, -0.25) is 33.8 Å². The van der Waals surface area contributed by atoms with E-state index in [1.807, 2.05) is 27.7 Å². The predicted molar refractivity (Wildman–Crippen MR) is 181 cm³/mol. The molecule has 6 atom stereocenters. The number of nitrogens with one attached hydrogen (secondary N) is 4. The molecule has 5 rings (SSSR count). The molecule has 2 heterocycles. The molecular formula is C36H53N7O6. The van der Waals surface area contributed by atoms with Gasteiger partial charge in [0.05, 0.1) is 12.2 Å². The summed E-state index contributed by atoms with van der Waals surface area (Å²) in [6, 6.07) is -3.68. The van der Waals surface area contributed by atoms with Crippen molar-refractivity contribution in [1.29, 1.82) is 0 Å². The fourth-order valence-electron chi connectivity index (χ4n) is 7.87. The number of nitrogens with zero attached hydrogens (tertiary/aromatic N) is 3. The van der Waals surface area contributed by atoms with Crippen molar-refractivity contribution in [2.24, 2.45) is 23.2 Å². The van der Waals surface area contributed by atoms with Gasteiger partial charge in [-0.25, -0.2) is 4.98 Å². The Morgan fingerprint density at radius 3 is 2.27 bits per heavy atom. The molecule has 1 aromatic heterocycles. The smallest absolute Gasteiger partial charge is 0.289 e. The largest absolute Gasteiger partial charge is 0.347 e. The molecule has 4 aliphatic rings. The van der Waals surface area contributed by atoms with Crippen molar-refractivity contribution < 1.29 is 28.8 Å². The van der Waals surface area contributed by atoms with Gasteiger partial charge in [-0.15, -0.1) is 0 Å². The lowest BCUT2D eigenvalue weighted by atomic mass is 9.82. The summed E-state index contributed by atoms with van der Waals surface area (Å²) in [5, 5.41) is 11.5. The van der Waals surface area contributed by atoms with Crippen LogP contribution in [0.2, 0.25) is 0 Å². The number of likely N-dealkylation sites (tertiary alicyclic amines) is 1. The third-order valence-corrected chi connectivity index (χ3v) is 10.7. The Labute approximate surface area is 288 Å². The summed E-state index contributed by atoms with van der Waals surface area (Å²) in [5.41, 5.74) is -0.638. The van der Waals surface area contributed by atoms with Crippen LogP contribution in [0.15, 0.2) is 18.6 Å². The maximum absolute atomic E-state index is 14.6. The van der Waals surface area contributed by atoms with Gasteiger partial charge in [-0.05, 0) is 68.1 Å². The minimum atomic E-state index is -0.994. The average molecular weight is 680 g/mol. The Hall–Kier alpha value is -3.90. The highest BCUT2D eigenvalue weighted by molar-refractivity contribution is 6.38. The summed E-state index contributed by atoms with van der Waals surface area (Å²) < 4.78 is 0. The highest BCUT2D eigenvalue weighted by atomic mass is 16.2. The van der Waals surface area contributed by atoms with Crippen LogP contribution in [0.3, 0.4) is 0 Å². The number of carbonyl (C=O) groups excluding carboxylic acids is 6. The van der Waals surface area contributed by atoms with Gasteiger partial charge in [-0.2, -0.15) is 0 Å². The first-order chi connectivity index (χ1) is 23.4. The maximum atomic E-state index is 14.6. The van der Waals surface area contributed by atoms with E-state index in [4.69, 9.17) is 0 Å². The minimum Gasteiger partial charge on any atom is -0.347 e. The van der Waals surface area contributed by atoms with Crippen molar-refractivity contribution in [2.75, 3.05) is 6.54 Å². The number of hydrogen-bond donors (Lipinski definition) is 4. The first-order valence-corrected chi connectivity index (χ1v) is 18.2. The van der Waals surface area contributed by atoms with Crippen LogP contribution < -0.4 is 21.3 Å². The molecule has 1 saturated heterocycles. The highest BCUT2D eigenvalue weighted by Gasteiger charge is 2.52. The van der Waals surface area contributed by atoms with Crippen LogP contribution in [0, 0.1) is 23.2 Å². The quantitative estimate of drug-likeness (QED) is 0.230. The van der Waals surface area contributed by atoms with E-state index in [9.17, 15) is 28.8 Å². The van der Waals surface area contributed by atoms with Gasteiger partial charge >= 0.3 is 0 Å². The Balaban J connectivity index is 1.36. The molecule has 0 radical (unpaired) electrons. The van der Waals surface area contributed by atoms with Gasteiger partial charge in [0.25, 0.3) is 11.8 Å². The molecule has 4 fully saturated rings. The lowest BCUT2D eigenvalue weighted by Crippen LogP contribution is -2.62. The number of carbonyl (C=O) groups is 6. The van der Waals surface area contributed by atoms with Crippen molar-refractivity contribution in [3.63, 3.8) is 0 Å². The summed E-state index contributed by atoms with van der Waals surface area (Å²) in [5.74, 6) is -3.20. The second kappa shape index (κ2) is 15.8. The molecule has 1 aromatic rings. The van der Waals surface area contributed by atoms with Gasteiger partial charge in [0.15, 0.2) is 0 Å². The molecule has 13 heteroatoms. The van der Waals surface area contributed by atoms with Crippen LogP contribution in [-0.2, 0) is 24.0 Å². The standard InChI is InChI=1S/C36H53N7O6/c1-5-10-25(29(44)34(48)39-23-15-16-23)40-33(47)28-24-14-9-13-22(24)20-43(28)35(49)30(36(2,3)4)42-32(46)27(21-11-7-6-8-12-21)41-31(45)26-19-37-17-18-38-26/h17-19,21-25,27-28,30H,5-16,20H2,1-4H3,(H,39,48)(H,40,47)(H,41,45)(H,42,46)/t22-,24+,25?,27+,28+,30-/m1/s1. The normalized spacial score (nSPS) is 24.2. The van der Waals surface area contributed by atoms with Gasteiger partial charge in [0.2, 0.25) is 23.5 Å². The summed E-state index contributed by atoms with van der Waals surface area (Å²) in [7, 11) is 0. The predicted octanol–water partition coefficient (Wildman–Crippen LogP) is 2.45. The summed E-state index contributed by atoms with van der Waals surface area (Å²) >= 11 is 0. The molecule has 1 unspecified atom stereocenters. The first kappa shape index (κ1) is 36.4. The molecule has 268 valence electrons. The van der Waals surface area contributed by atoms with E-state index in [-0.39, 0.29) is 35.4 Å². The van der Waals surface area contributed by atoms with Crippen molar-refractivity contribution >= 4 is 35.3 Å². The van der Waals surface area contributed by atoms with Crippen molar-refractivity contribution in [1.82, 2.24) is 36.1 Å². The number of fused-ring (bicyclic) bond motifs is 1. The van der Waals surface area contributed by atoms with E-state index in [2.05, 4.69) is 31.2 Å². The van der Waals surface area contributed by atoms with Crippen LogP contribution in [0.4, 0.5) is 0 Å². The monoisotopic (exact) mass is 679 g/mol. The van der Waals surface area contributed by atoms with Gasteiger partial charge in [0, 0.05) is 25.0 Å². The first-order valence-electron chi connectivity index (χ1n) is 18.2. The molecule has 3 aliphatic carbocycles. The SMILES string of the molecule is CCCC(NC(=O)[C@@H]1[C@H]2CCC[C@@H]2CN1C(=O)[C@@H](NC(=O)[C@@H](NC(=O)c1cnccn1)C1CCCCC1)C(C)(C)C)C(=O)C(=O)NC1CC1. The van der Waals surface area contributed by atoms with Crippen LogP contribution >= 0.6 is 0 Å². The van der Waals surface area contributed by atoms with Crippen LogP contribution in [0.25, 0.3) is 0 Å². The highest BCUT2D eigenvalue weighted by Crippen LogP contribution is 2.43. The zero-order chi connectivity index (χ0) is 35.3. The topological polar surface area (TPSA) is 180 Å². The number of ketones is 1. The van der Waals surface area contributed by atoms with Gasteiger partial charge in [0.1, 0.15) is 23.8 Å². The fourth-order valence-corrected chi connectivity index (χ4v) is 7.87. The third kappa shape index (κ3) is 8.83. The number of Topliss-reactive ketones (excluding diaryl/α,β-unsaturated/α-hetero) is 1. The van der Waals surface area contributed by atoms with E-state index in [0.29, 0.717) is 19.4 Å². The Bertz CT molecular complexity index is 1390. The summed E-state index contributed by atoms with van der Waals surface area (Å²) in [4.78, 5) is 91.4. The van der Waals surface area contributed by atoms with E-state index < -0.39 is 59.0 Å². The lowest BCUT2D eigenvalue weighted by Gasteiger charge is -2.38. The zero-order valence-corrected chi connectivity index (χ0v) is 29.3. The van der Waals surface area contributed by atoms with E-state index in [0.717, 1.165) is 64.2 Å². The molecular weight excluding hydrogens is 626 g/mol. The maximum Gasteiger partial charge on any atom is 0.289 e. The molecule has 4 N–H and O–H groups in total. The summed E-state index contributed by atoms with van der Waals surface area (Å²) in [6.45, 7) is 7.85. The zero-order valence-electron chi connectivity index (χ0n) is 29.3. The number of hydrogen-bond acceptors (Lipinski definition) is 8. The number of aromatic nitrogens is 2. The van der Waals surface area contributed by atoms with Gasteiger partial charge in [-0.1, -0.05) is 59.8 Å². The average Bonchev–Trinajstić information content (AvgIpc) is 3.65. The van der Waals surface area contributed by atoms with Crippen LogP contribution in [0.5, 0.6) is 0 Å². The second-order valence-corrected chi connectivity index (χ2v) is 15.5. The molecule has 1 aliphatic heterocycles. The molecule has 49 heavy (non-hydrogen) atoms. The third-order valence-electron chi connectivity index (χ3n) is 10.7. The minimum absolute atomic E-state index is 0.0132.